The van der Waals surface area contributed by atoms with Crippen LogP contribution in [0.3, 0.4) is 0 Å². The number of pyridine rings is 1. The summed E-state index contributed by atoms with van der Waals surface area (Å²) in [6.45, 7) is 12.2. The predicted molar refractivity (Wildman–Crippen MR) is 211 cm³/mol. The topological polar surface area (TPSA) is 41.3 Å². The van der Waals surface area contributed by atoms with Crippen LogP contribution in [-0.4, -0.2) is 29.6 Å². The Morgan fingerprint density at radius 1 is 0.642 bits per heavy atom. The summed E-state index contributed by atoms with van der Waals surface area (Å²) in [5, 5.41) is 0. The minimum absolute atomic E-state index is 0. The molecule has 53 heavy (non-hydrogen) atoms. The molecule has 4 nitrogen and oxygen atoms in total. The van der Waals surface area contributed by atoms with Crippen LogP contribution in [0.25, 0.3) is 6.08 Å². The van der Waals surface area contributed by atoms with Gasteiger partial charge in [0.2, 0.25) is 0 Å². The number of ketones is 2. The molecule has 0 spiro atoms. The van der Waals surface area contributed by atoms with E-state index >= 15 is 0 Å². The fourth-order valence-corrected chi connectivity index (χ4v) is 7.35. The third-order valence-electron chi connectivity index (χ3n) is 10.7. The molecule has 0 radical (unpaired) electrons. The number of carbonyl (C=O) groups is 2. The zero-order chi connectivity index (χ0) is 36.2. The van der Waals surface area contributed by atoms with E-state index < -0.39 is 0 Å². The lowest BCUT2D eigenvalue weighted by molar-refractivity contribution is -0.688. The van der Waals surface area contributed by atoms with Crippen molar-refractivity contribution in [2.45, 2.75) is 60.0 Å². The molecule has 0 fully saturated rings. The maximum Gasteiger partial charge on any atom is 0.189 e. The second kappa shape index (κ2) is 16.8. The minimum atomic E-state index is 0. The molecule has 0 bridgehead atoms. The molecule has 5 heteroatoms. The number of carbonyl (C=O) groups excluding carboxylic acids is 2. The van der Waals surface area contributed by atoms with E-state index in [0.717, 1.165) is 78.8 Å². The van der Waals surface area contributed by atoms with Crippen LogP contribution >= 0.6 is 0 Å². The standard InChI is InChI=1S/C24H25NO.C24H22NO.BrH/c2*1-17-12-21-15-22(24(26)23(21)13-18(17)2)14-19-8-10-25(11-9-19)16-20-6-4-3-5-7-20;/h3-8,12-14H,9-11,15-16H2,1-2H3;3-14H,15-16H2,1-2H3;1H/q;+1;/p-1/b2*22-14+;. The summed E-state index contributed by atoms with van der Waals surface area (Å²) >= 11 is 0. The summed E-state index contributed by atoms with van der Waals surface area (Å²) in [7, 11) is 0. The SMILES string of the molecule is Cc1cc2c(cc1C)C(=O)/C(=C/C1=CCN(Cc3ccccc3)CC1)C2.Cc1cc2c(cc1C)C(=O)/C(=C/c1cc[n+](Cc3ccccc3)cc1)C2.[Br-]. The Morgan fingerprint density at radius 2 is 1.15 bits per heavy atom. The minimum Gasteiger partial charge on any atom is -1.00 e. The molecule has 5 aromatic rings. The molecule has 3 aliphatic rings. The van der Waals surface area contributed by atoms with Gasteiger partial charge in [-0.2, -0.15) is 0 Å². The third-order valence-corrected chi connectivity index (χ3v) is 10.7. The van der Waals surface area contributed by atoms with Gasteiger partial charge < -0.3 is 17.0 Å². The van der Waals surface area contributed by atoms with Crippen LogP contribution in [0.5, 0.6) is 0 Å². The average Bonchev–Trinajstić information content (AvgIpc) is 3.61. The van der Waals surface area contributed by atoms with E-state index in [2.05, 4.69) is 147 Å². The third kappa shape index (κ3) is 8.98. The van der Waals surface area contributed by atoms with Crippen molar-refractivity contribution in [3.63, 3.8) is 0 Å². The molecule has 8 rings (SSSR count). The highest BCUT2D eigenvalue weighted by atomic mass is 79.9. The first-order chi connectivity index (χ1) is 25.2. The highest BCUT2D eigenvalue weighted by Crippen LogP contribution is 2.31. The van der Waals surface area contributed by atoms with Crippen molar-refractivity contribution in [2.75, 3.05) is 13.1 Å². The van der Waals surface area contributed by atoms with Crippen LogP contribution in [0.4, 0.5) is 0 Å². The van der Waals surface area contributed by atoms with Gasteiger partial charge in [-0.1, -0.05) is 84.9 Å². The van der Waals surface area contributed by atoms with Crippen molar-refractivity contribution in [2.24, 2.45) is 0 Å². The Kier molecular flexibility index (Phi) is 12.0. The molecule has 2 heterocycles. The molecule has 2 aliphatic carbocycles. The van der Waals surface area contributed by atoms with Gasteiger partial charge in [0.1, 0.15) is 0 Å². The van der Waals surface area contributed by atoms with Gasteiger partial charge in [0.05, 0.1) is 0 Å². The second-order valence-corrected chi connectivity index (χ2v) is 14.6. The molecule has 0 saturated carbocycles. The van der Waals surface area contributed by atoms with E-state index in [0.29, 0.717) is 0 Å². The average molecular weight is 764 g/mol. The van der Waals surface area contributed by atoms with E-state index in [-0.39, 0.29) is 28.5 Å². The molecule has 4 aromatic carbocycles. The van der Waals surface area contributed by atoms with Crippen molar-refractivity contribution in [1.82, 2.24) is 4.90 Å². The number of rotatable bonds is 6. The molecular weight excluding hydrogens is 716 g/mol. The Labute approximate surface area is 325 Å². The fourth-order valence-electron chi connectivity index (χ4n) is 7.35. The van der Waals surface area contributed by atoms with Crippen molar-refractivity contribution >= 4 is 17.6 Å². The van der Waals surface area contributed by atoms with Gasteiger partial charge in [-0.3, -0.25) is 14.5 Å². The fraction of sp³-hybridized carbons (Fsp3) is 0.229. The number of nitrogens with zero attached hydrogens (tertiary/aromatic N) is 2. The summed E-state index contributed by atoms with van der Waals surface area (Å²) < 4.78 is 2.15. The molecule has 0 unspecified atom stereocenters. The van der Waals surface area contributed by atoms with Crippen LogP contribution < -0.4 is 21.5 Å². The number of halogens is 1. The van der Waals surface area contributed by atoms with E-state index in [1.54, 1.807) is 0 Å². The molecule has 1 aliphatic heterocycles. The van der Waals surface area contributed by atoms with Gasteiger partial charge in [-0.25, -0.2) is 4.57 Å². The number of aryl methyl sites for hydroxylation is 4. The Morgan fingerprint density at radius 3 is 1.68 bits per heavy atom. The second-order valence-electron chi connectivity index (χ2n) is 14.6. The van der Waals surface area contributed by atoms with Crippen LogP contribution in [0.2, 0.25) is 0 Å². The molecule has 268 valence electrons. The van der Waals surface area contributed by atoms with Crippen LogP contribution in [0.1, 0.15) is 77.2 Å². The van der Waals surface area contributed by atoms with Gasteiger partial charge in [-0.15, -0.1) is 0 Å². The van der Waals surface area contributed by atoms with Crippen molar-refractivity contribution in [1.29, 1.82) is 0 Å². The highest BCUT2D eigenvalue weighted by Gasteiger charge is 2.27. The van der Waals surface area contributed by atoms with Crippen molar-refractivity contribution in [3.8, 4) is 0 Å². The maximum atomic E-state index is 12.7. The van der Waals surface area contributed by atoms with E-state index in [1.807, 2.05) is 18.2 Å². The highest BCUT2D eigenvalue weighted by molar-refractivity contribution is 6.15. The normalized spacial score (nSPS) is 16.5. The first-order valence-electron chi connectivity index (χ1n) is 18.4. The predicted octanol–water partition coefficient (Wildman–Crippen LogP) is 6.27. The van der Waals surface area contributed by atoms with Gasteiger partial charge in [0.25, 0.3) is 0 Å². The number of hydrogen-bond donors (Lipinski definition) is 0. The lowest BCUT2D eigenvalue weighted by Gasteiger charge is -2.25. The number of aromatic nitrogens is 1. The number of Topliss-reactive ketones (excluding diaryl/α,β-unsaturated/α-hetero) is 2. The molecule has 0 amide bonds. The molecule has 0 saturated heterocycles. The first-order valence-corrected chi connectivity index (χ1v) is 18.4. The lowest BCUT2D eigenvalue weighted by Crippen LogP contribution is -3.00. The molecule has 0 atom stereocenters. The smallest absolute Gasteiger partial charge is 0.189 e. The van der Waals surface area contributed by atoms with Crippen LogP contribution in [-0.2, 0) is 25.9 Å². The number of hydrogen-bond acceptors (Lipinski definition) is 3. The summed E-state index contributed by atoms with van der Waals surface area (Å²) in [6, 6.07) is 33.6. The lowest BCUT2D eigenvalue weighted by atomic mass is 10.0. The number of benzene rings is 4. The molecule has 1 aromatic heterocycles. The quantitative estimate of drug-likeness (QED) is 0.152. The van der Waals surface area contributed by atoms with Crippen LogP contribution in [0, 0.1) is 27.7 Å². The zero-order valence-electron chi connectivity index (χ0n) is 31.2. The largest absolute Gasteiger partial charge is 1.00 e. The Bertz CT molecular complexity index is 2230. The van der Waals surface area contributed by atoms with Crippen molar-refractivity contribution in [3.05, 3.63) is 200 Å². The van der Waals surface area contributed by atoms with Gasteiger partial charge in [-0.05, 0) is 102 Å². The van der Waals surface area contributed by atoms with Gasteiger partial charge in [0.15, 0.2) is 30.5 Å². The monoisotopic (exact) mass is 762 g/mol. The van der Waals surface area contributed by atoms with E-state index in [4.69, 9.17) is 0 Å². The molecular formula is C48H47BrN2O2. The number of allylic oxidation sites excluding steroid dienone is 3. The van der Waals surface area contributed by atoms with Gasteiger partial charge >= 0.3 is 0 Å². The molecule has 0 N–H and O–H groups in total. The summed E-state index contributed by atoms with van der Waals surface area (Å²) in [5.74, 6) is 0.389. The summed E-state index contributed by atoms with van der Waals surface area (Å²) in [5.41, 5.74) is 15.8. The van der Waals surface area contributed by atoms with E-state index in [9.17, 15) is 9.59 Å². The summed E-state index contributed by atoms with van der Waals surface area (Å²) in [6.07, 6.45) is 13.1. The van der Waals surface area contributed by atoms with Gasteiger partial charge in [0, 0.05) is 72.4 Å². The Hall–Kier alpha value is -4.97. The van der Waals surface area contributed by atoms with Crippen LogP contribution in [0.15, 0.2) is 138 Å². The zero-order valence-corrected chi connectivity index (χ0v) is 32.7. The number of fused-ring (bicyclic) bond motifs is 2. The Balaban J connectivity index is 0.000000178. The summed E-state index contributed by atoms with van der Waals surface area (Å²) in [4.78, 5) is 27.9. The maximum absolute atomic E-state index is 12.7. The first kappa shape index (κ1) is 37.8. The van der Waals surface area contributed by atoms with Crippen molar-refractivity contribution < 1.29 is 31.1 Å². The van der Waals surface area contributed by atoms with E-state index in [1.165, 1.54) is 44.5 Å².